The maximum absolute atomic E-state index is 12.5. The van der Waals surface area contributed by atoms with Gasteiger partial charge in [0.05, 0.1) is 25.4 Å². The van der Waals surface area contributed by atoms with Crippen LogP contribution in [0.25, 0.3) is 0 Å². The number of hydrogen-bond donors (Lipinski definition) is 3. The Morgan fingerprint density at radius 1 is 0.389 bits per heavy atom. The van der Waals surface area contributed by atoms with Crippen molar-refractivity contribution >= 4 is 11.9 Å². The Morgan fingerprint density at radius 3 is 1.03 bits per heavy atom. The number of unbranched alkanes of at least 4 members (excludes halogenated alkanes) is 46. The van der Waals surface area contributed by atoms with E-state index < -0.39 is 12.1 Å². The lowest BCUT2D eigenvalue weighted by atomic mass is 10.0. The first-order valence-corrected chi connectivity index (χ1v) is 32.3. The summed E-state index contributed by atoms with van der Waals surface area (Å²) in [5.41, 5.74) is 0. The lowest BCUT2D eigenvalue weighted by molar-refractivity contribution is -0.143. The predicted molar refractivity (Wildman–Crippen MR) is 315 cm³/mol. The second-order valence-electron chi connectivity index (χ2n) is 22.1. The van der Waals surface area contributed by atoms with Crippen molar-refractivity contribution in [2.24, 2.45) is 0 Å². The molecule has 0 aliphatic heterocycles. The molecule has 0 saturated heterocycles. The maximum Gasteiger partial charge on any atom is 0.305 e. The second kappa shape index (κ2) is 61.6. The third kappa shape index (κ3) is 57.4. The Labute approximate surface area is 449 Å². The van der Waals surface area contributed by atoms with Crippen molar-refractivity contribution in [3.63, 3.8) is 0 Å². The molecule has 0 rings (SSSR count). The molecule has 1 amide bonds. The van der Waals surface area contributed by atoms with Gasteiger partial charge in [-0.3, -0.25) is 9.59 Å². The van der Waals surface area contributed by atoms with Crippen LogP contribution >= 0.6 is 0 Å². The zero-order valence-corrected chi connectivity index (χ0v) is 48.4. The fourth-order valence-electron chi connectivity index (χ4n) is 9.98. The highest BCUT2D eigenvalue weighted by Crippen LogP contribution is 2.18. The van der Waals surface area contributed by atoms with E-state index in [1.165, 1.54) is 244 Å². The number of allylic oxidation sites excluding steroid dienone is 5. The number of nitrogens with one attached hydrogen (secondary N) is 1. The molecule has 0 aromatic heterocycles. The highest BCUT2D eigenvalue weighted by Gasteiger charge is 2.18. The van der Waals surface area contributed by atoms with Gasteiger partial charge in [-0.1, -0.05) is 307 Å². The van der Waals surface area contributed by atoms with Crippen LogP contribution in [-0.4, -0.2) is 47.4 Å². The zero-order chi connectivity index (χ0) is 52.2. The molecule has 0 fully saturated rings. The molecule has 0 aromatic carbocycles. The fourth-order valence-corrected chi connectivity index (χ4v) is 9.98. The van der Waals surface area contributed by atoms with Crippen LogP contribution < -0.4 is 5.32 Å². The number of carbonyl (C=O) groups excluding carboxylic acids is 2. The molecule has 0 bridgehead atoms. The summed E-state index contributed by atoms with van der Waals surface area (Å²) in [6.07, 6.45) is 77.6. The minimum atomic E-state index is -0.860. The molecule has 72 heavy (non-hydrogen) atoms. The third-order valence-electron chi connectivity index (χ3n) is 14.9. The van der Waals surface area contributed by atoms with Crippen LogP contribution in [0.5, 0.6) is 0 Å². The van der Waals surface area contributed by atoms with Gasteiger partial charge >= 0.3 is 5.97 Å². The molecule has 6 nitrogen and oxygen atoms in total. The van der Waals surface area contributed by atoms with Gasteiger partial charge in [0.25, 0.3) is 0 Å². The lowest BCUT2D eigenvalue weighted by Crippen LogP contribution is -2.45. The number of aliphatic hydroxyl groups excluding tert-OH is 2. The molecule has 6 heteroatoms. The van der Waals surface area contributed by atoms with Crippen LogP contribution in [0.3, 0.4) is 0 Å². The monoisotopic (exact) mass is 1010 g/mol. The van der Waals surface area contributed by atoms with Gasteiger partial charge in [-0.05, 0) is 64.2 Å². The number of hydrogen-bond acceptors (Lipinski definition) is 5. The molecular formula is C66H125NO5. The van der Waals surface area contributed by atoms with Gasteiger partial charge in [-0.25, -0.2) is 0 Å². The normalized spacial score (nSPS) is 12.8. The van der Waals surface area contributed by atoms with Crippen molar-refractivity contribution in [2.45, 2.75) is 360 Å². The topological polar surface area (TPSA) is 95.9 Å². The van der Waals surface area contributed by atoms with Gasteiger partial charge in [0.1, 0.15) is 0 Å². The smallest absolute Gasteiger partial charge is 0.305 e. The number of aliphatic hydroxyl groups is 2. The van der Waals surface area contributed by atoms with Gasteiger partial charge < -0.3 is 20.3 Å². The molecule has 0 aliphatic carbocycles. The largest absolute Gasteiger partial charge is 0.466 e. The van der Waals surface area contributed by atoms with E-state index in [1.807, 2.05) is 6.08 Å². The third-order valence-corrected chi connectivity index (χ3v) is 14.9. The van der Waals surface area contributed by atoms with Crippen LogP contribution in [0.1, 0.15) is 348 Å². The second-order valence-corrected chi connectivity index (χ2v) is 22.1. The lowest BCUT2D eigenvalue weighted by Gasteiger charge is -2.20. The van der Waals surface area contributed by atoms with E-state index in [0.29, 0.717) is 19.4 Å². The molecule has 0 aromatic rings. The number of ether oxygens (including phenoxy) is 1. The number of amides is 1. The van der Waals surface area contributed by atoms with Crippen molar-refractivity contribution in [1.29, 1.82) is 0 Å². The number of esters is 1. The first-order chi connectivity index (χ1) is 35.5. The van der Waals surface area contributed by atoms with Gasteiger partial charge in [0.15, 0.2) is 0 Å². The Morgan fingerprint density at radius 2 is 0.681 bits per heavy atom. The highest BCUT2D eigenvalue weighted by molar-refractivity contribution is 5.76. The average molecular weight is 1010 g/mol. The minimum absolute atomic E-state index is 0.0184. The van der Waals surface area contributed by atoms with E-state index in [9.17, 15) is 19.8 Å². The van der Waals surface area contributed by atoms with Crippen LogP contribution in [0.15, 0.2) is 36.5 Å². The molecule has 2 atom stereocenters. The van der Waals surface area contributed by atoms with E-state index in [4.69, 9.17) is 4.74 Å². The molecular weight excluding hydrogens is 887 g/mol. The van der Waals surface area contributed by atoms with Gasteiger partial charge in [-0.2, -0.15) is 0 Å². The van der Waals surface area contributed by atoms with E-state index in [0.717, 1.165) is 77.0 Å². The molecule has 0 saturated carbocycles. The standard InChI is InChI=1S/C66H125NO5/c1-3-5-7-9-11-13-15-17-19-21-22-23-24-25-26-28-30-34-38-42-46-50-54-58-64(69)63(62-68)67-65(70)59-55-51-47-43-39-35-31-29-33-37-41-45-49-53-57-61-72-66(71)60-56-52-48-44-40-36-32-27-20-18-16-14-12-10-8-6-4-2/h29,33,37,41,54,58,63-64,68-69H,3-28,30-32,34-36,38-40,42-53,55-57,59-62H2,1-2H3,(H,67,70)/b33-29-,41-37-,58-54+. The molecule has 2 unspecified atom stereocenters. The number of carbonyl (C=O) groups is 2. The SMILES string of the molecule is CCCCCCCCCCCCCCCCCCCCCCC/C=C/C(O)C(CO)NC(=O)CCCCCCCC/C=C\C=C/CCCCCOC(=O)CCCCCCCCCCCCCCCCCCC. The van der Waals surface area contributed by atoms with Crippen molar-refractivity contribution < 1.29 is 24.5 Å². The van der Waals surface area contributed by atoms with Gasteiger partial charge in [-0.15, -0.1) is 0 Å². The minimum Gasteiger partial charge on any atom is -0.466 e. The van der Waals surface area contributed by atoms with Gasteiger partial charge in [0.2, 0.25) is 5.91 Å². The number of rotatable bonds is 60. The van der Waals surface area contributed by atoms with Crippen LogP contribution in [0, 0.1) is 0 Å². The Bertz CT molecular complexity index is 1170. The highest BCUT2D eigenvalue weighted by atomic mass is 16.5. The first-order valence-electron chi connectivity index (χ1n) is 32.3. The van der Waals surface area contributed by atoms with Crippen molar-refractivity contribution in [3.8, 4) is 0 Å². The molecule has 0 heterocycles. The average Bonchev–Trinajstić information content (AvgIpc) is 3.38. The summed E-state index contributed by atoms with van der Waals surface area (Å²) in [7, 11) is 0. The molecule has 3 N–H and O–H groups in total. The van der Waals surface area contributed by atoms with Crippen LogP contribution in [0.2, 0.25) is 0 Å². The summed E-state index contributed by atoms with van der Waals surface area (Å²) in [4.78, 5) is 24.6. The molecule has 0 spiro atoms. The summed E-state index contributed by atoms with van der Waals surface area (Å²) in [6.45, 7) is 4.88. The quantitative estimate of drug-likeness (QED) is 0.0244. The molecule has 0 radical (unpaired) electrons. The Balaban J connectivity index is 3.52. The summed E-state index contributed by atoms with van der Waals surface area (Å²) in [5, 5.41) is 23.2. The van der Waals surface area contributed by atoms with Gasteiger partial charge in [0, 0.05) is 12.8 Å². The summed E-state index contributed by atoms with van der Waals surface area (Å²) >= 11 is 0. The maximum atomic E-state index is 12.5. The zero-order valence-electron chi connectivity index (χ0n) is 48.4. The fraction of sp³-hybridized carbons (Fsp3) is 0.879. The van der Waals surface area contributed by atoms with E-state index in [2.05, 4.69) is 43.5 Å². The summed E-state index contributed by atoms with van der Waals surface area (Å²) < 4.78 is 5.47. The molecule has 424 valence electrons. The Hall–Kier alpha value is -1.92. The summed E-state index contributed by atoms with van der Waals surface area (Å²) in [5.74, 6) is -0.106. The van der Waals surface area contributed by atoms with Crippen molar-refractivity contribution in [1.82, 2.24) is 5.32 Å². The Kier molecular flexibility index (Phi) is 60.0. The van der Waals surface area contributed by atoms with Crippen LogP contribution in [-0.2, 0) is 14.3 Å². The summed E-state index contributed by atoms with van der Waals surface area (Å²) in [6, 6.07) is -0.646. The van der Waals surface area contributed by atoms with E-state index in [-0.39, 0.29) is 18.5 Å². The molecule has 0 aliphatic rings. The van der Waals surface area contributed by atoms with E-state index >= 15 is 0 Å². The predicted octanol–water partition coefficient (Wildman–Crippen LogP) is 20.4. The van der Waals surface area contributed by atoms with Crippen LogP contribution in [0.4, 0.5) is 0 Å². The van der Waals surface area contributed by atoms with E-state index in [1.54, 1.807) is 6.08 Å². The van der Waals surface area contributed by atoms with Crippen molar-refractivity contribution in [2.75, 3.05) is 13.2 Å². The van der Waals surface area contributed by atoms with Crippen molar-refractivity contribution in [3.05, 3.63) is 36.5 Å². The first kappa shape index (κ1) is 70.1.